The lowest BCUT2D eigenvalue weighted by molar-refractivity contribution is 0.00578. The lowest BCUT2D eigenvalue weighted by Crippen LogP contribution is -2.43. The largest absolute Gasteiger partial charge is 0.498 e. The lowest BCUT2D eigenvalue weighted by atomic mass is 9.77. The van der Waals surface area contributed by atoms with Crippen LogP contribution in [0.15, 0.2) is 255 Å². The smallest absolute Gasteiger partial charge is 0.457 e. The van der Waals surface area contributed by atoms with Gasteiger partial charge in [0.25, 0.3) is 0 Å². The Morgan fingerprint density at radius 1 is 0.637 bits per heavy atom. The number of amides is 1. The van der Waals surface area contributed by atoms with Crippen LogP contribution in [0, 0.1) is 0 Å². The van der Waals surface area contributed by atoms with E-state index >= 15 is 0 Å². The number of carbonyl (C=O) groups excluding carboxylic acids is 1. The molecule has 458 valence electrons. The standard InChI is InChI=1S/C77H77BN8O5/c1-55(46-47-85(72(87)89-73(3,4)5)56(2)48-57-30-28-44-66(49-57)88-67-45-29-31-58(50-67)53-84-54-65(52-79-84)78-90-74(6,7)75(8,9)91-78)68-51-69(81-76(59-32-16-10-17-33-59,60-34-18-11-19-35-60)61-36-20-12-21-37-61)80-71-70(68)82-83-86(71)77(62-38-22-13-23-39-62,63-40-24-14-25-41-63)64-42-26-15-27-43-64/h10-46,49-52,54,56H,47-48,53H2,1-9H3,(H,80,81)/b55-46+/t56-/m0/s1. The summed E-state index contributed by atoms with van der Waals surface area (Å²) in [7, 11) is -0.494. The van der Waals surface area contributed by atoms with E-state index < -0.39 is 41.1 Å². The predicted octanol–water partition coefficient (Wildman–Crippen LogP) is 15.7. The van der Waals surface area contributed by atoms with Gasteiger partial charge in [0.05, 0.1) is 17.7 Å². The molecule has 3 aromatic heterocycles. The molecule has 0 aliphatic carbocycles. The maximum atomic E-state index is 14.7. The second kappa shape index (κ2) is 25.5. The van der Waals surface area contributed by atoms with Crippen molar-refractivity contribution in [3.63, 3.8) is 0 Å². The number of ether oxygens (including phenoxy) is 2. The van der Waals surface area contributed by atoms with Crippen LogP contribution in [-0.4, -0.2) is 77.3 Å². The number of hydrogen-bond donors (Lipinski definition) is 1. The molecule has 1 N–H and O–H groups in total. The first-order valence-corrected chi connectivity index (χ1v) is 31.2. The molecule has 0 saturated carbocycles. The summed E-state index contributed by atoms with van der Waals surface area (Å²) in [6.45, 7) is 18.7. The van der Waals surface area contributed by atoms with Gasteiger partial charge in [-0.25, -0.2) is 14.5 Å². The molecule has 12 rings (SSSR count). The zero-order valence-corrected chi connectivity index (χ0v) is 53.2. The van der Waals surface area contributed by atoms with E-state index in [1.807, 2.05) is 137 Å². The van der Waals surface area contributed by atoms with E-state index in [2.05, 4.69) is 194 Å². The molecule has 91 heavy (non-hydrogen) atoms. The molecule has 4 heterocycles. The first kappa shape index (κ1) is 61.4. The molecule has 0 spiro atoms. The Labute approximate surface area is 534 Å². The van der Waals surface area contributed by atoms with Crippen LogP contribution in [-0.2, 0) is 38.1 Å². The molecule has 14 heteroatoms. The van der Waals surface area contributed by atoms with Crippen LogP contribution in [0.25, 0.3) is 16.7 Å². The maximum absolute atomic E-state index is 14.7. The minimum absolute atomic E-state index is 0.212. The van der Waals surface area contributed by atoms with Gasteiger partial charge in [-0.1, -0.05) is 218 Å². The number of pyridine rings is 1. The van der Waals surface area contributed by atoms with Gasteiger partial charge in [-0.3, -0.25) is 4.68 Å². The summed E-state index contributed by atoms with van der Waals surface area (Å²) >= 11 is 0. The van der Waals surface area contributed by atoms with Gasteiger partial charge in [0.2, 0.25) is 0 Å². The Kier molecular flexibility index (Phi) is 17.2. The molecule has 13 nitrogen and oxygen atoms in total. The zero-order chi connectivity index (χ0) is 63.4. The predicted molar refractivity (Wildman–Crippen MR) is 363 cm³/mol. The molecule has 1 fully saturated rings. The van der Waals surface area contributed by atoms with Crippen LogP contribution in [0.5, 0.6) is 11.5 Å². The molecule has 1 saturated heterocycles. The summed E-state index contributed by atoms with van der Waals surface area (Å²) in [5, 5.41) is 19.1. The van der Waals surface area contributed by atoms with Crippen LogP contribution >= 0.6 is 0 Å². The van der Waals surface area contributed by atoms with E-state index in [9.17, 15) is 4.79 Å². The second-order valence-electron chi connectivity index (χ2n) is 25.5. The van der Waals surface area contributed by atoms with E-state index in [0.29, 0.717) is 41.4 Å². The Bertz CT molecular complexity index is 4100. The third-order valence-electron chi connectivity index (χ3n) is 17.5. The average Bonchev–Trinajstić information content (AvgIpc) is 1.69. The number of nitrogens with one attached hydrogen (secondary N) is 1. The number of nitrogens with zero attached hydrogens (tertiary/aromatic N) is 7. The summed E-state index contributed by atoms with van der Waals surface area (Å²) in [5.41, 5.74) is 7.99. The fraction of sp³-hybridized carbons (Fsp3) is 0.234. The molecular formula is C77H77BN8O5. The van der Waals surface area contributed by atoms with Crippen molar-refractivity contribution in [2.24, 2.45) is 0 Å². The Morgan fingerprint density at radius 2 is 1.11 bits per heavy atom. The molecule has 1 amide bonds. The van der Waals surface area contributed by atoms with Crippen LogP contribution in [0.3, 0.4) is 0 Å². The van der Waals surface area contributed by atoms with Crippen LogP contribution in [0.1, 0.15) is 112 Å². The summed E-state index contributed by atoms with van der Waals surface area (Å²) in [6.07, 6.45) is 5.95. The highest BCUT2D eigenvalue weighted by atomic mass is 16.7. The molecule has 1 aliphatic rings. The highest BCUT2D eigenvalue weighted by Crippen LogP contribution is 2.45. The SMILES string of the molecule is C/C(=C\CN(C(=O)OC(C)(C)C)[C@@H](C)Cc1cccc(Oc2cccc(Cn3cc(B4OC(C)(C)C(C)(C)O4)cn3)c2)c1)c1cc(NC(c2ccccc2)(c2ccccc2)c2ccccc2)nc2c1nnn2C(c1ccccc1)(c1ccccc1)c1ccccc1. The number of hydrogen-bond acceptors (Lipinski definition) is 10. The normalized spacial score (nSPS) is 14.5. The van der Waals surface area contributed by atoms with Crippen molar-refractivity contribution in [1.82, 2.24) is 34.7 Å². The maximum Gasteiger partial charge on any atom is 0.498 e. The topological polar surface area (TPSA) is 131 Å². The van der Waals surface area contributed by atoms with Crippen molar-refractivity contribution in [1.29, 1.82) is 0 Å². The van der Waals surface area contributed by atoms with Crippen LogP contribution < -0.4 is 15.5 Å². The van der Waals surface area contributed by atoms with Gasteiger partial charge in [0.1, 0.15) is 39.5 Å². The first-order valence-electron chi connectivity index (χ1n) is 31.2. The van der Waals surface area contributed by atoms with Crippen molar-refractivity contribution >= 4 is 41.2 Å². The Balaban J connectivity index is 0.911. The van der Waals surface area contributed by atoms with Crippen LogP contribution in [0.2, 0.25) is 0 Å². The van der Waals surface area contributed by atoms with Crippen molar-refractivity contribution in [3.05, 3.63) is 305 Å². The average molecular weight is 1210 g/mol. The van der Waals surface area contributed by atoms with Crippen molar-refractivity contribution in [3.8, 4) is 11.5 Å². The highest BCUT2D eigenvalue weighted by molar-refractivity contribution is 6.62. The molecular weight excluding hydrogens is 1130 g/mol. The first-order chi connectivity index (χ1) is 43.9. The van der Waals surface area contributed by atoms with Gasteiger partial charge in [0.15, 0.2) is 5.65 Å². The lowest BCUT2D eigenvalue weighted by Gasteiger charge is -2.38. The monoisotopic (exact) mass is 1200 g/mol. The van der Waals surface area contributed by atoms with E-state index in [4.69, 9.17) is 34.1 Å². The summed E-state index contributed by atoms with van der Waals surface area (Å²) in [4.78, 5) is 22.1. The number of rotatable bonds is 20. The Hall–Kier alpha value is -9.89. The third kappa shape index (κ3) is 12.7. The van der Waals surface area contributed by atoms with E-state index in [0.717, 1.165) is 61.1 Å². The van der Waals surface area contributed by atoms with Gasteiger partial charge >= 0.3 is 13.2 Å². The molecule has 1 atom stereocenters. The van der Waals surface area contributed by atoms with Gasteiger partial charge in [-0.05, 0) is 149 Å². The molecule has 11 aromatic rings. The quantitative estimate of drug-likeness (QED) is 0.0581. The van der Waals surface area contributed by atoms with E-state index in [1.54, 1.807) is 11.1 Å². The Morgan fingerprint density at radius 3 is 1.60 bits per heavy atom. The van der Waals surface area contributed by atoms with Gasteiger partial charge in [-0.15, -0.1) is 5.10 Å². The van der Waals surface area contributed by atoms with Gasteiger partial charge in [0, 0.05) is 36.0 Å². The minimum Gasteiger partial charge on any atom is -0.457 e. The number of aromatic nitrogens is 6. The highest BCUT2D eigenvalue weighted by Gasteiger charge is 2.52. The number of benzene rings is 8. The van der Waals surface area contributed by atoms with Gasteiger partial charge in [-0.2, -0.15) is 5.10 Å². The second-order valence-corrected chi connectivity index (χ2v) is 25.5. The number of carbonyl (C=O) groups is 1. The fourth-order valence-corrected chi connectivity index (χ4v) is 12.3. The zero-order valence-electron chi connectivity index (χ0n) is 53.2. The number of fused-ring (bicyclic) bond motifs is 1. The van der Waals surface area contributed by atoms with Gasteiger partial charge < -0.3 is 29.0 Å². The molecule has 0 unspecified atom stereocenters. The molecule has 0 radical (unpaired) electrons. The van der Waals surface area contributed by atoms with Crippen LogP contribution in [0.4, 0.5) is 10.6 Å². The third-order valence-corrected chi connectivity index (χ3v) is 17.5. The van der Waals surface area contributed by atoms with E-state index in [1.165, 1.54) is 0 Å². The van der Waals surface area contributed by atoms with Crippen molar-refractivity contribution < 1.29 is 23.6 Å². The number of anilines is 1. The van der Waals surface area contributed by atoms with E-state index in [-0.39, 0.29) is 12.6 Å². The van der Waals surface area contributed by atoms with Crippen molar-refractivity contribution in [2.45, 2.75) is 109 Å². The minimum atomic E-state index is -1.05. The fourth-order valence-electron chi connectivity index (χ4n) is 12.3. The summed E-state index contributed by atoms with van der Waals surface area (Å²) in [5.74, 6) is 1.95. The summed E-state index contributed by atoms with van der Waals surface area (Å²) < 4.78 is 29.2. The van der Waals surface area contributed by atoms with Crippen molar-refractivity contribution in [2.75, 3.05) is 11.9 Å². The molecule has 0 bridgehead atoms. The molecule has 8 aromatic carbocycles. The summed E-state index contributed by atoms with van der Waals surface area (Å²) in [6, 6.07) is 80.7. The molecule has 1 aliphatic heterocycles. The number of allylic oxidation sites excluding steroid dienone is 1.